The third kappa shape index (κ3) is 30.5. The second-order valence-electron chi connectivity index (χ2n) is 19.7. The van der Waals surface area contributed by atoms with E-state index < -0.39 is 35.2 Å². The Bertz CT molecular complexity index is 1190. The summed E-state index contributed by atoms with van der Waals surface area (Å²) in [6.45, 7) is 32.4. The Balaban J connectivity index is 1.97. The molecular formula is C54H114O12S6Si4. The van der Waals surface area contributed by atoms with E-state index in [2.05, 4.69) is 84.7 Å². The minimum atomic E-state index is -2.68. The molecule has 76 heavy (non-hydrogen) atoms. The van der Waals surface area contributed by atoms with Crippen molar-refractivity contribution >= 4 is 100.0 Å². The number of hydrogen-bond donors (Lipinski definition) is 0. The van der Waals surface area contributed by atoms with E-state index in [0.29, 0.717) is 91.1 Å². The molecule has 2 aliphatic rings. The first-order valence-corrected chi connectivity index (χ1v) is 45.6. The van der Waals surface area contributed by atoms with Crippen LogP contribution in [0.15, 0.2) is 0 Å². The van der Waals surface area contributed by atoms with Crippen molar-refractivity contribution in [2.75, 3.05) is 114 Å². The first-order chi connectivity index (χ1) is 37.0. The summed E-state index contributed by atoms with van der Waals surface area (Å²) in [6, 6.07) is 3.63. The molecule has 6 unspecified atom stereocenters. The van der Waals surface area contributed by atoms with Crippen molar-refractivity contribution in [2.45, 2.75) is 197 Å². The topological polar surface area (TPSA) is 111 Å². The lowest BCUT2D eigenvalue weighted by atomic mass is 9.71. The van der Waals surface area contributed by atoms with E-state index in [-0.39, 0.29) is 0 Å². The van der Waals surface area contributed by atoms with Gasteiger partial charge < -0.3 is 53.1 Å². The van der Waals surface area contributed by atoms with Crippen molar-refractivity contribution in [3.8, 4) is 0 Å². The van der Waals surface area contributed by atoms with Gasteiger partial charge in [0, 0.05) is 138 Å². The smallest absolute Gasteiger partial charge is 0.374 e. The van der Waals surface area contributed by atoms with Crippen LogP contribution in [0.1, 0.15) is 173 Å². The van der Waals surface area contributed by atoms with Crippen LogP contribution in [-0.2, 0) is 53.1 Å². The van der Waals surface area contributed by atoms with E-state index in [0.717, 1.165) is 85.0 Å². The zero-order valence-electron chi connectivity index (χ0n) is 50.3. The molecular weight excluding hydrogens is 1150 g/mol. The molecule has 0 aromatic carbocycles. The van der Waals surface area contributed by atoms with Crippen molar-refractivity contribution < 1.29 is 53.1 Å². The third-order valence-corrected chi connectivity index (χ3v) is 34.5. The zero-order chi connectivity index (χ0) is 55.6. The number of hydrogen-bond acceptors (Lipinski definition) is 18. The molecule has 0 saturated heterocycles. The highest BCUT2D eigenvalue weighted by molar-refractivity contribution is 8.77. The summed E-state index contributed by atoms with van der Waals surface area (Å²) >= 11 is 0. The summed E-state index contributed by atoms with van der Waals surface area (Å²) in [5, 5.41) is 0. The maximum absolute atomic E-state index is 6.33. The Morgan fingerprint density at radius 2 is 0.500 bits per heavy atom. The predicted molar refractivity (Wildman–Crippen MR) is 342 cm³/mol. The van der Waals surface area contributed by atoms with Gasteiger partial charge in [-0.05, 0) is 196 Å². The zero-order valence-corrected chi connectivity index (χ0v) is 59.2. The van der Waals surface area contributed by atoms with Crippen LogP contribution >= 0.6 is 64.8 Å². The highest BCUT2D eigenvalue weighted by Gasteiger charge is 2.45. The van der Waals surface area contributed by atoms with Crippen LogP contribution < -0.4 is 0 Å². The van der Waals surface area contributed by atoms with Crippen molar-refractivity contribution in [3.05, 3.63) is 0 Å². The van der Waals surface area contributed by atoms with Crippen LogP contribution in [-0.4, -0.2) is 149 Å². The van der Waals surface area contributed by atoms with Gasteiger partial charge in [0.2, 0.25) is 0 Å². The fourth-order valence-electron chi connectivity index (χ4n) is 11.4. The average molecular weight is 1260 g/mol. The molecule has 22 heteroatoms. The van der Waals surface area contributed by atoms with Crippen LogP contribution in [0.4, 0.5) is 0 Å². The summed E-state index contributed by atoms with van der Waals surface area (Å²) in [4.78, 5) is 0. The van der Waals surface area contributed by atoms with Crippen molar-refractivity contribution in [3.63, 3.8) is 0 Å². The minimum Gasteiger partial charge on any atom is -0.374 e. The van der Waals surface area contributed by atoms with Gasteiger partial charge in [0.1, 0.15) is 0 Å². The molecule has 0 N–H and O–H groups in total. The minimum absolute atomic E-state index is 0.636. The van der Waals surface area contributed by atoms with E-state index in [9.17, 15) is 0 Å². The van der Waals surface area contributed by atoms with Crippen LogP contribution in [0, 0.1) is 35.5 Å². The summed E-state index contributed by atoms with van der Waals surface area (Å²) in [7, 11) is 1.91. The molecule has 2 fully saturated rings. The fraction of sp³-hybridized carbons (Fsp3) is 1.00. The Labute approximate surface area is 495 Å². The highest BCUT2D eigenvalue weighted by atomic mass is 33.1. The molecule has 6 atom stereocenters. The van der Waals surface area contributed by atoms with Crippen molar-refractivity contribution in [2.24, 2.45) is 35.5 Å². The average Bonchev–Trinajstić information content (AvgIpc) is 3.39. The van der Waals surface area contributed by atoms with Gasteiger partial charge in [-0.1, -0.05) is 77.6 Å². The molecule has 0 radical (unpaired) electrons. The molecule has 0 aromatic heterocycles. The van der Waals surface area contributed by atoms with Gasteiger partial charge in [-0.25, -0.2) is 0 Å². The maximum atomic E-state index is 6.33. The van der Waals surface area contributed by atoms with Crippen LogP contribution in [0.3, 0.4) is 0 Å². The Kier molecular flexibility index (Phi) is 45.9. The van der Waals surface area contributed by atoms with Crippen molar-refractivity contribution in [1.29, 1.82) is 0 Å². The Morgan fingerprint density at radius 3 is 0.763 bits per heavy atom. The third-order valence-electron chi connectivity index (χ3n) is 14.5. The first-order valence-electron chi connectivity index (χ1n) is 30.4. The van der Waals surface area contributed by atoms with Crippen molar-refractivity contribution in [1.82, 2.24) is 0 Å². The summed E-state index contributed by atoms with van der Waals surface area (Å²) in [5.74, 6) is 11.6. The van der Waals surface area contributed by atoms with Gasteiger partial charge in [-0.15, -0.1) is 0 Å². The molecule has 0 spiro atoms. The second-order valence-corrected chi connectivity index (χ2v) is 38.7. The molecule has 0 heterocycles. The van der Waals surface area contributed by atoms with Gasteiger partial charge in [-0.3, -0.25) is 0 Å². The lowest BCUT2D eigenvalue weighted by Crippen LogP contribution is -2.46. The molecule has 12 nitrogen and oxygen atoms in total. The largest absolute Gasteiger partial charge is 0.500 e. The van der Waals surface area contributed by atoms with E-state index in [1.54, 1.807) is 0 Å². The molecule has 0 aromatic rings. The summed E-state index contributed by atoms with van der Waals surface area (Å²) < 4.78 is 74.7. The highest BCUT2D eigenvalue weighted by Crippen LogP contribution is 2.45. The van der Waals surface area contributed by atoms with Gasteiger partial charge in [0.15, 0.2) is 0 Å². The molecule has 2 saturated carbocycles. The Morgan fingerprint density at radius 1 is 0.263 bits per heavy atom. The molecule has 454 valence electrons. The van der Waals surface area contributed by atoms with E-state index in [1.807, 2.05) is 63.1 Å². The van der Waals surface area contributed by atoms with Gasteiger partial charge >= 0.3 is 35.2 Å². The SMILES string of the molecule is CCO[Si](CCCSSCCC1CC(CCSSCCC2CCC(CC[Si](OCC)(OCC)OCC)C(CCSSCCC[Si](OCC)(OCC)OCC)C2)CCC1CC[Si](OCC)(OCC)OCC)(OCC)OCC. The fourth-order valence-corrected chi connectivity index (χ4v) is 29.5. The number of rotatable bonds is 53. The second kappa shape index (κ2) is 46.7. The summed E-state index contributed by atoms with van der Waals surface area (Å²) in [5.41, 5.74) is 0. The quantitative estimate of drug-likeness (QED) is 0.0327. The summed E-state index contributed by atoms with van der Waals surface area (Å²) in [6.07, 6.45) is 17.6. The van der Waals surface area contributed by atoms with Crippen LogP contribution in [0.2, 0.25) is 24.2 Å². The maximum Gasteiger partial charge on any atom is 0.500 e. The van der Waals surface area contributed by atoms with Gasteiger partial charge in [0.05, 0.1) is 0 Å². The van der Waals surface area contributed by atoms with Crippen LogP contribution in [0.25, 0.3) is 0 Å². The predicted octanol–water partition coefficient (Wildman–Crippen LogP) is 16.5. The van der Waals surface area contributed by atoms with Crippen LogP contribution in [0.5, 0.6) is 0 Å². The monoisotopic (exact) mass is 1260 g/mol. The molecule has 2 aliphatic carbocycles. The van der Waals surface area contributed by atoms with E-state index >= 15 is 0 Å². The van der Waals surface area contributed by atoms with E-state index in [4.69, 9.17) is 53.1 Å². The normalized spacial score (nSPS) is 21.0. The standard InChI is InChI=1S/C54H114O12S6Si4/c1-13-55-73(56-14-2,57-15-3)43-25-37-67-71-41-33-53-47-49(27-29-51(53)35-45-75(61-19-7,62-20-8)63-21-9)31-39-69-70-40-32-50-28-30-52(36-46-76(64-22-10,65-23-11)66-24-12)54(48-50)34-42-72-68-38-26-44-74(58-16-4,59-17-5)60-18-6/h49-54H,13-48H2,1-12H3. The molecule has 2 rings (SSSR count). The molecule has 0 bridgehead atoms. The molecule has 0 amide bonds. The first kappa shape index (κ1) is 74.6. The van der Waals surface area contributed by atoms with Gasteiger partial charge in [-0.2, -0.15) is 0 Å². The van der Waals surface area contributed by atoms with Gasteiger partial charge in [0.25, 0.3) is 0 Å². The molecule has 0 aliphatic heterocycles. The lowest BCUT2D eigenvalue weighted by molar-refractivity contribution is 0.0655. The lowest BCUT2D eigenvalue weighted by Gasteiger charge is -2.38. The Hall–Kier alpha value is 2.49. The van der Waals surface area contributed by atoms with E-state index in [1.165, 1.54) is 87.2 Å².